The van der Waals surface area contributed by atoms with Gasteiger partial charge in [-0.1, -0.05) is 0 Å². The molecule has 1 saturated heterocycles. The van der Waals surface area contributed by atoms with Gasteiger partial charge in [-0.05, 0) is 24.8 Å². The molecule has 21 heavy (non-hydrogen) atoms. The van der Waals surface area contributed by atoms with Crippen LogP contribution in [0.5, 0.6) is 0 Å². The van der Waals surface area contributed by atoms with Crippen LogP contribution in [0.15, 0.2) is 12.1 Å². The second-order valence-corrected chi connectivity index (χ2v) is 4.96. The molecule has 1 atom stereocenters. The first kappa shape index (κ1) is 14.7. The number of hydrogen-bond donors (Lipinski definition) is 1. The van der Waals surface area contributed by atoms with Crippen LogP contribution in [-0.2, 0) is 4.79 Å². The quantitative estimate of drug-likeness (QED) is 0.659. The predicted octanol–water partition coefficient (Wildman–Crippen LogP) is 1.55. The second kappa shape index (κ2) is 6.17. The largest absolute Gasteiger partial charge is 0.481 e. The molecule has 0 aromatic carbocycles. The highest BCUT2D eigenvalue weighted by atomic mass is 16.6. The van der Waals surface area contributed by atoms with Crippen molar-refractivity contribution in [2.75, 3.05) is 18.0 Å². The van der Waals surface area contributed by atoms with Crippen molar-refractivity contribution in [3.8, 4) is 6.07 Å². The molecule has 0 bridgehead atoms. The minimum absolute atomic E-state index is 0.0266. The smallest absolute Gasteiger partial charge is 0.305 e. The van der Waals surface area contributed by atoms with Crippen molar-refractivity contribution >= 4 is 17.5 Å². The fraction of sp³-hybridized carbons (Fsp3) is 0.462. The lowest BCUT2D eigenvalue weighted by Crippen LogP contribution is -2.36. The Morgan fingerprint density at radius 1 is 1.62 bits per heavy atom. The van der Waals surface area contributed by atoms with Crippen molar-refractivity contribution < 1.29 is 14.8 Å². The number of aromatic nitrogens is 1. The van der Waals surface area contributed by atoms with Crippen molar-refractivity contribution in [2.24, 2.45) is 5.92 Å². The molecule has 1 unspecified atom stereocenters. The van der Waals surface area contributed by atoms with Gasteiger partial charge < -0.3 is 10.0 Å². The van der Waals surface area contributed by atoms with Crippen LogP contribution in [0.25, 0.3) is 0 Å². The summed E-state index contributed by atoms with van der Waals surface area (Å²) in [6.45, 7) is 1.23. The number of pyridine rings is 1. The van der Waals surface area contributed by atoms with Crippen LogP contribution in [0.3, 0.4) is 0 Å². The van der Waals surface area contributed by atoms with Crippen LogP contribution < -0.4 is 4.90 Å². The minimum atomic E-state index is -0.837. The molecule has 0 aliphatic carbocycles. The molecule has 0 saturated carbocycles. The molecule has 2 heterocycles. The van der Waals surface area contributed by atoms with Gasteiger partial charge in [0, 0.05) is 25.6 Å². The third-order valence-corrected chi connectivity index (χ3v) is 3.47. The van der Waals surface area contributed by atoms with Gasteiger partial charge in [-0.3, -0.25) is 14.9 Å². The monoisotopic (exact) mass is 290 g/mol. The summed E-state index contributed by atoms with van der Waals surface area (Å²) in [4.78, 5) is 26.8. The lowest BCUT2D eigenvalue weighted by molar-refractivity contribution is -0.385. The SMILES string of the molecule is N#Cc1nc(N2CCCC(CC(=O)O)C2)ccc1[N+](=O)[O-]. The van der Waals surface area contributed by atoms with Gasteiger partial charge in [0.1, 0.15) is 11.9 Å². The van der Waals surface area contributed by atoms with E-state index in [2.05, 4.69) is 4.98 Å². The van der Waals surface area contributed by atoms with Crippen LogP contribution >= 0.6 is 0 Å². The number of aliphatic carboxylic acids is 1. The molecule has 2 rings (SSSR count). The molecular formula is C13H14N4O4. The van der Waals surface area contributed by atoms with Crippen molar-refractivity contribution in [3.05, 3.63) is 27.9 Å². The maximum absolute atomic E-state index is 10.8. The molecule has 0 spiro atoms. The van der Waals surface area contributed by atoms with Gasteiger partial charge in [0.05, 0.1) is 4.92 Å². The Morgan fingerprint density at radius 2 is 2.38 bits per heavy atom. The van der Waals surface area contributed by atoms with Gasteiger partial charge in [-0.15, -0.1) is 0 Å². The van der Waals surface area contributed by atoms with Gasteiger partial charge in [0.25, 0.3) is 0 Å². The van der Waals surface area contributed by atoms with Gasteiger partial charge in [-0.25, -0.2) is 4.98 Å². The third-order valence-electron chi connectivity index (χ3n) is 3.47. The summed E-state index contributed by atoms with van der Waals surface area (Å²) in [6.07, 6.45) is 1.76. The number of rotatable bonds is 4. The average molecular weight is 290 g/mol. The van der Waals surface area contributed by atoms with E-state index in [1.54, 1.807) is 6.07 Å². The zero-order valence-electron chi connectivity index (χ0n) is 11.2. The number of piperidine rings is 1. The van der Waals surface area contributed by atoms with E-state index in [0.717, 1.165) is 12.8 Å². The van der Waals surface area contributed by atoms with E-state index < -0.39 is 10.9 Å². The Hall–Kier alpha value is -2.69. The summed E-state index contributed by atoms with van der Waals surface area (Å²) < 4.78 is 0. The average Bonchev–Trinajstić information content (AvgIpc) is 2.46. The van der Waals surface area contributed by atoms with Crippen molar-refractivity contribution in [1.29, 1.82) is 5.26 Å². The maximum Gasteiger partial charge on any atom is 0.305 e. The molecular weight excluding hydrogens is 276 g/mol. The number of carbonyl (C=O) groups is 1. The van der Waals surface area contributed by atoms with E-state index in [1.165, 1.54) is 12.1 Å². The van der Waals surface area contributed by atoms with E-state index >= 15 is 0 Å². The van der Waals surface area contributed by atoms with Gasteiger partial charge in [0.15, 0.2) is 0 Å². The van der Waals surface area contributed by atoms with E-state index in [-0.39, 0.29) is 23.7 Å². The van der Waals surface area contributed by atoms with Gasteiger partial charge >= 0.3 is 11.7 Å². The van der Waals surface area contributed by atoms with Crippen LogP contribution in [-0.4, -0.2) is 34.1 Å². The van der Waals surface area contributed by atoms with Gasteiger partial charge in [0.2, 0.25) is 5.69 Å². The molecule has 1 aliphatic heterocycles. The molecule has 8 heteroatoms. The zero-order chi connectivity index (χ0) is 15.4. The van der Waals surface area contributed by atoms with Crippen LogP contribution in [0.4, 0.5) is 11.5 Å². The third kappa shape index (κ3) is 3.45. The minimum Gasteiger partial charge on any atom is -0.481 e. The zero-order valence-corrected chi connectivity index (χ0v) is 11.2. The topological polar surface area (TPSA) is 120 Å². The lowest BCUT2D eigenvalue weighted by atomic mass is 9.95. The summed E-state index contributed by atoms with van der Waals surface area (Å²) in [5, 5.41) is 28.6. The summed E-state index contributed by atoms with van der Waals surface area (Å²) in [5.41, 5.74) is -0.543. The Morgan fingerprint density at radius 3 is 3.00 bits per heavy atom. The normalized spacial score (nSPS) is 18.0. The highest BCUT2D eigenvalue weighted by Gasteiger charge is 2.24. The number of nitrogens with zero attached hydrogens (tertiary/aromatic N) is 4. The second-order valence-electron chi connectivity index (χ2n) is 4.96. The van der Waals surface area contributed by atoms with Crippen LogP contribution in [0, 0.1) is 27.4 Å². The van der Waals surface area contributed by atoms with E-state index in [9.17, 15) is 14.9 Å². The molecule has 1 N–H and O–H groups in total. The number of anilines is 1. The van der Waals surface area contributed by atoms with Gasteiger partial charge in [-0.2, -0.15) is 5.26 Å². The number of nitro groups is 1. The van der Waals surface area contributed by atoms with Crippen molar-refractivity contribution in [1.82, 2.24) is 4.98 Å². The number of hydrogen-bond acceptors (Lipinski definition) is 6. The standard InChI is InChI=1S/C13H14N4O4/c14-7-10-11(17(20)21)3-4-12(15-10)16-5-1-2-9(8-16)6-13(18)19/h3-4,9H,1-2,5-6,8H2,(H,18,19). The van der Waals surface area contributed by atoms with Crippen LogP contribution in [0.2, 0.25) is 0 Å². The van der Waals surface area contributed by atoms with Crippen molar-refractivity contribution in [3.63, 3.8) is 0 Å². The molecule has 1 fully saturated rings. The summed E-state index contributed by atoms with van der Waals surface area (Å²) in [5.74, 6) is -0.331. The molecule has 0 amide bonds. The fourth-order valence-electron chi connectivity index (χ4n) is 2.53. The molecule has 0 radical (unpaired) electrons. The Kier molecular flexibility index (Phi) is 4.33. The predicted molar refractivity (Wildman–Crippen MR) is 72.8 cm³/mol. The number of nitriles is 1. The summed E-state index contributed by atoms with van der Waals surface area (Å²) in [6, 6.07) is 4.49. The van der Waals surface area contributed by atoms with E-state index in [1.807, 2.05) is 4.90 Å². The Labute approximate surface area is 120 Å². The fourth-order valence-corrected chi connectivity index (χ4v) is 2.53. The first-order valence-electron chi connectivity index (χ1n) is 6.53. The lowest BCUT2D eigenvalue weighted by Gasteiger charge is -2.32. The number of carboxylic acid groups (broad SMARTS) is 1. The Bertz CT molecular complexity index is 611. The van der Waals surface area contributed by atoms with Crippen molar-refractivity contribution in [2.45, 2.75) is 19.3 Å². The first-order valence-corrected chi connectivity index (χ1v) is 6.53. The summed E-state index contributed by atoms with van der Waals surface area (Å²) in [7, 11) is 0. The maximum atomic E-state index is 10.8. The Balaban J connectivity index is 2.20. The highest BCUT2D eigenvalue weighted by Crippen LogP contribution is 2.26. The first-order chi connectivity index (χ1) is 10.0. The molecule has 8 nitrogen and oxygen atoms in total. The molecule has 1 aliphatic rings. The van der Waals surface area contributed by atoms with E-state index in [0.29, 0.717) is 18.9 Å². The molecule has 1 aromatic heterocycles. The highest BCUT2D eigenvalue weighted by molar-refractivity contribution is 5.67. The summed E-state index contributed by atoms with van der Waals surface area (Å²) >= 11 is 0. The number of carboxylic acids is 1. The van der Waals surface area contributed by atoms with Crippen LogP contribution in [0.1, 0.15) is 25.0 Å². The molecule has 110 valence electrons. The van der Waals surface area contributed by atoms with E-state index in [4.69, 9.17) is 10.4 Å². The molecule has 1 aromatic rings.